The van der Waals surface area contributed by atoms with Gasteiger partial charge in [-0.25, -0.2) is 9.18 Å². The number of aromatic carboxylic acids is 1. The Morgan fingerprint density at radius 3 is 2.38 bits per heavy atom. The number of carbonyl (C=O) groups excluding carboxylic acids is 2. The smallest absolute Gasteiger partial charge is 0.471 e. The predicted octanol–water partition coefficient (Wildman–Crippen LogP) is 5.12. The summed E-state index contributed by atoms with van der Waals surface area (Å²) >= 11 is 5.95. The Morgan fingerprint density at radius 2 is 1.84 bits per heavy atom. The second-order valence-corrected chi connectivity index (χ2v) is 8.17. The summed E-state index contributed by atoms with van der Waals surface area (Å²) in [6.45, 7) is 1.54. The van der Waals surface area contributed by atoms with E-state index in [9.17, 15) is 37.1 Å². The number of Topliss-reactive ketones (excluding diaryl/α,β-unsaturated/α-hetero) is 1. The summed E-state index contributed by atoms with van der Waals surface area (Å²) in [5.74, 6) is -5.44. The van der Waals surface area contributed by atoms with Crippen LogP contribution < -0.4 is 5.32 Å². The quantitative estimate of drug-likeness (QED) is 0.549. The Morgan fingerprint density at radius 1 is 1.19 bits per heavy atom. The first-order valence-corrected chi connectivity index (χ1v) is 9.98. The lowest BCUT2D eigenvalue weighted by Crippen LogP contribution is -2.48. The van der Waals surface area contributed by atoms with Gasteiger partial charge in [0.1, 0.15) is 5.82 Å². The lowest BCUT2D eigenvalue weighted by atomic mass is 9.90. The average Bonchev–Trinajstić information content (AvgIpc) is 3.47. The molecule has 5 nitrogen and oxygen atoms in total. The number of carbonyl (C=O) groups is 3. The molecular formula is C22H18ClF4NO4. The van der Waals surface area contributed by atoms with Crippen LogP contribution in [0.25, 0.3) is 11.1 Å². The zero-order chi connectivity index (χ0) is 23.8. The molecule has 3 rings (SSSR count). The Balaban J connectivity index is 1.79. The van der Waals surface area contributed by atoms with Crippen LogP contribution in [0, 0.1) is 5.82 Å². The number of ketones is 1. The van der Waals surface area contributed by atoms with Gasteiger partial charge in [-0.05, 0) is 47.6 Å². The number of carboxylic acid groups (broad SMARTS) is 1. The number of hydrogen-bond donors (Lipinski definition) is 2. The van der Waals surface area contributed by atoms with Crippen molar-refractivity contribution in [1.29, 1.82) is 0 Å². The van der Waals surface area contributed by atoms with Crippen LogP contribution in [0.2, 0.25) is 5.02 Å². The summed E-state index contributed by atoms with van der Waals surface area (Å²) in [4.78, 5) is 35.3. The van der Waals surface area contributed by atoms with Crippen LogP contribution in [0.5, 0.6) is 0 Å². The van der Waals surface area contributed by atoms with Crippen LogP contribution >= 0.6 is 11.6 Å². The Labute approximate surface area is 185 Å². The molecule has 2 N–H and O–H groups in total. The first-order valence-electron chi connectivity index (χ1n) is 9.60. The van der Waals surface area contributed by atoms with Gasteiger partial charge in [0.25, 0.3) is 0 Å². The largest absolute Gasteiger partial charge is 0.478 e. The third-order valence-electron chi connectivity index (χ3n) is 5.46. The molecule has 0 heterocycles. The highest BCUT2D eigenvalue weighted by Crippen LogP contribution is 2.40. The van der Waals surface area contributed by atoms with Crippen molar-refractivity contribution < 1.29 is 37.1 Å². The van der Waals surface area contributed by atoms with Gasteiger partial charge in [-0.2, -0.15) is 13.2 Å². The summed E-state index contributed by atoms with van der Waals surface area (Å²) in [5.41, 5.74) is -1.12. The molecule has 0 saturated heterocycles. The van der Waals surface area contributed by atoms with Crippen molar-refractivity contribution in [3.05, 3.63) is 58.4 Å². The summed E-state index contributed by atoms with van der Waals surface area (Å²) in [5, 5.41) is 11.1. The molecular weight excluding hydrogens is 454 g/mol. The number of halogens is 5. The van der Waals surface area contributed by atoms with Crippen molar-refractivity contribution in [2.24, 2.45) is 0 Å². The summed E-state index contributed by atoms with van der Waals surface area (Å²) in [6.07, 6.45) is -5.19. The lowest BCUT2D eigenvalue weighted by Gasteiger charge is -2.20. The molecule has 32 heavy (non-hydrogen) atoms. The molecule has 10 heteroatoms. The van der Waals surface area contributed by atoms with E-state index in [-0.39, 0.29) is 46.5 Å². The molecule has 2 aromatic carbocycles. The first kappa shape index (κ1) is 23.7. The molecule has 0 aliphatic heterocycles. The van der Waals surface area contributed by atoms with E-state index in [4.69, 9.17) is 11.6 Å². The van der Waals surface area contributed by atoms with Gasteiger partial charge >= 0.3 is 18.1 Å². The molecule has 1 aliphatic carbocycles. The maximum absolute atomic E-state index is 14.8. The molecule has 1 aliphatic rings. The summed E-state index contributed by atoms with van der Waals surface area (Å²) in [6, 6.07) is 8.40. The van der Waals surface area contributed by atoms with E-state index < -0.39 is 41.1 Å². The van der Waals surface area contributed by atoms with E-state index in [2.05, 4.69) is 0 Å². The van der Waals surface area contributed by atoms with Gasteiger partial charge in [0.2, 0.25) is 0 Å². The van der Waals surface area contributed by atoms with Gasteiger partial charge in [-0.15, -0.1) is 0 Å². The number of benzene rings is 2. The Hall–Kier alpha value is -2.94. The number of carboxylic acids is 1. The monoisotopic (exact) mass is 471 g/mol. The van der Waals surface area contributed by atoms with Crippen molar-refractivity contribution in [3.8, 4) is 11.1 Å². The highest BCUT2D eigenvalue weighted by Gasteiger charge is 2.54. The van der Waals surface area contributed by atoms with Gasteiger partial charge in [0.05, 0.1) is 16.1 Å². The minimum absolute atomic E-state index is 0.00548. The fourth-order valence-electron chi connectivity index (χ4n) is 3.55. The van der Waals surface area contributed by atoms with Crippen molar-refractivity contribution in [1.82, 2.24) is 5.32 Å². The van der Waals surface area contributed by atoms with Crippen molar-refractivity contribution in [3.63, 3.8) is 0 Å². The van der Waals surface area contributed by atoms with E-state index in [1.807, 2.05) is 0 Å². The molecule has 1 fully saturated rings. The maximum atomic E-state index is 14.8. The number of hydrogen-bond acceptors (Lipinski definition) is 3. The molecule has 2 aromatic rings. The van der Waals surface area contributed by atoms with Crippen LogP contribution in [-0.4, -0.2) is 34.5 Å². The standard InChI is InChI=1S/C22H18ClF4NO4/c1-11(9-17(29)21(7-8-21)28-20(32)22(25,26)27)13-6-5-12(10-16(13)24)14-3-2-4-15(23)18(14)19(30)31/h2-6,10-11H,7-9H2,1H3,(H,28,32)(H,30,31)/t11-/m0/s1. The van der Waals surface area contributed by atoms with E-state index in [0.29, 0.717) is 0 Å². The molecule has 1 atom stereocenters. The number of nitrogens with one attached hydrogen (secondary N) is 1. The second kappa shape index (κ2) is 8.54. The number of rotatable bonds is 7. The van der Waals surface area contributed by atoms with E-state index >= 15 is 0 Å². The van der Waals surface area contributed by atoms with Gasteiger partial charge in [0, 0.05) is 6.42 Å². The first-order chi connectivity index (χ1) is 14.9. The Kier molecular flexibility index (Phi) is 6.33. The van der Waals surface area contributed by atoms with E-state index in [0.717, 1.165) is 6.07 Å². The van der Waals surface area contributed by atoms with Gasteiger partial charge in [-0.1, -0.05) is 42.8 Å². The van der Waals surface area contributed by atoms with Crippen molar-refractivity contribution in [2.45, 2.75) is 43.8 Å². The zero-order valence-corrected chi connectivity index (χ0v) is 17.5. The average molecular weight is 472 g/mol. The SMILES string of the molecule is C[C@@H](CC(=O)C1(NC(=O)C(F)(F)F)CC1)c1ccc(-c2cccc(Cl)c2C(=O)O)cc1F. The van der Waals surface area contributed by atoms with E-state index in [1.165, 1.54) is 30.3 Å². The Bertz CT molecular complexity index is 1100. The van der Waals surface area contributed by atoms with Crippen LogP contribution in [-0.2, 0) is 9.59 Å². The summed E-state index contributed by atoms with van der Waals surface area (Å²) < 4.78 is 52.4. The predicted molar refractivity (Wildman–Crippen MR) is 108 cm³/mol. The molecule has 1 amide bonds. The fraction of sp³-hybridized carbons (Fsp3) is 0.318. The lowest BCUT2D eigenvalue weighted by molar-refractivity contribution is -0.175. The molecule has 0 bridgehead atoms. The van der Waals surface area contributed by atoms with E-state index in [1.54, 1.807) is 12.2 Å². The molecule has 0 unspecified atom stereocenters. The van der Waals surface area contributed by atoms with Crippen LogP contribution in [0.4, 0.5) is 17.6 Å². The fourth-order valence-corrected chi connectivity index (χ4v) is 3.80. The molecule has 0 aromatic heterocycles. The van der Waals surface area contributed by atoms with Crippen molar-refractivity contribution in [2.75, 3.05) is 0 Å². The topological polar surface area (TPSA) is 83.5 Å². The van der Waals surface area contributed by atoms with Crippen LogP contribution in [0.3, 0.4) is 0 Å². The molecule has 170 valence electrons. The third-order valence-corrected chi connectivity index (χ3v) is 5.77. The van der Waals surface area contributed by atoms with Gasteiger partial charge in [0.15, 0.2) is 5.78 Å². The molecule has 1 saturated carbocycles. The molecule has 0 spiro atoms. The number of alkyl halides is 3. The van der Waals surface area contributed by atoms with Gasteiger partial charge in [-0.3, -0.25) is 9.59 Å². The van der Waals surface area contributed by atoms with Crippen LogP contribution in [0.15, 0.2) is 36.4 Å². The number of amides is 1. The highest BCUT2D eigenvalue weighted by atomic mass is 35.5. The normalized spacial score (nSPS) is 15.7. The minimum atomic E-state index is -5.10. The van der Waals surface area contributed by atoms with Gasteiger partial charge < -0.3 is 10.4 Å². The maximum Gasteiger partial charge on any atom is 0.471 e. The minimum Gasteiger partial charge on any atom is -0.478 e. The highest BCUT2D eigenvalue weighted by molar-refractivity contribution is 6.34. The molecule has 0 radical (unpaired) electrons. The second-order valence-electron chi connectivity index (χ2n) is 7.77. The summed E-state index contributed by atoms with van der Waals surface area (Å²) in [7, 11) is 0. The van der Waals surface area contributed by atoms with Crippen molar-refractivity contribution >= 4 is 29.3 Å². The zero-order valence-electron chi connectivity index (χ0n) is 16.7. The third kappa shape index (κ3) is 4.77. The van der Waals surface area contributed by atoms with Crippen LogP contribution in [0.1, 0.15) is 48.0 Å².